The third kappa shape index (κ3) is 3.69. The lowest BCUT2D eigenvalue weighted by molar-refractivity contribution is -0.111. The first-order chi connectivity index (χ1) is 12.5. The Morgan fingerprint density at radius 3 is 2.54 bits per heavy atom. The predicted octanol–water partition coefficient (Wildman–Crippen LogP) is 5.53. The summed E-state index contributed by atoms with van der Waals surface area (Å²) >= 11 is 7.95. The Bertz CT molecular complexity index is 994. The Morgan fingerprint density at radius 2 is 1.85 bits per heavy atom. The van der Waals surface area contributed by atoms with Crippen LogP contribution in [0.3, 0.4) is 0 Å². The average Bonchev–Trinajstić information content (AvgIpc) is 2.97. The van der Waals surface area contributed by atoms with Crippen molar-refractivity contribution >= 4 is 50.7 Å². The van der Waals surface area contributed by atoms with Crippen LogP contribution in [0.4, 0.5) is 5.69 Å². The Labute approximate surface area is 161 Å². The molecule has 26 heavy (non-hydrogen) atoms. The number of hydrogen-bond donors (Lipinski definition) is 1. The standard InChI is InChI=1S/C20H18ClNO3S/c1-12-10-15(24-2)16(25-3)11-14(12)22-19(23)9-8-18-20(21)13-6-4-5-7-17(13)26-18/h4-11H,1-3H3,(H,22,23)/b9-8+. The number of ether oxygens (including phenoxy) is 2. The Balaban J connectivity index is 1.80. The van der Waals surface area contributed by atoms with E-state index < -0.39 is 0 Å². The van der Waals surface area contributed by atoms with Crippen LogP contribution in [0.2, 0.25) is 5.02 Å². The number of carbonyl (C=O) groups is 1. The molecule has 0 spiro atoms. The molecule has 0 saturated heterocycles. The van der Waals surface area contributed by atoms with E-state index in [-0.39, 0.29) is 5.91 Å². The molecule has 0 saturated carbocycles. The highest BCUT2D eigenvalue weighted by atomic mass is 35.5. The third-order valence-corrected chi connectivity index (χ3v) is 5.59. The second-order valence-electron chi connectivity index (χ2n) is 5.62. The molecule has 4 nitrogen and oxygen atoms in total. The second-order valence-corrected chi connectivity index (χ2v) is 7.08. The molecule has 0 bridgehead atoms. The number of aryl methyl sites for hydroxylation is 1. The molecule has 1 heterocycles. The van der Waals surface area contributed by atoms with E-state index in [1.807, 2.05) is 37.3 Å². The summed E-state index contributed by atoms with van der Waals surface area (Å²) in [5.74, 6) is 0.939. The fourth-order valence-electron chi connectivity index (χ4n) is 2.58. The Kier molecular flexibility index (Phi) is 5.49. The van der Waals surface area contributed by atoms with E-state index in [1.54, 1.807) is 37.7 Å². The average molecular weight is 388 g/mol. The van der Waals surface area contributed by atoms with Crippen LogP contribution >= 0.6 is 22.9 Å². The van der Waals surface area contributed by atoms with Gasteiger partial charge in [-0.2, -0.15) is 0 Å². The van der Waals surface area contributed by atoms with Gasteiger partial charge in [0.1, 0.15) is 0 Å². The van der Waals surface area contributed by atoms with Crippen molar-refractivity contribution in [3.8, 4) is 11.5 Å². The number of halogens is 1. The van der Waals surface area contributed by atoms with Gasteiger partial charge in [0.15, 0.2) is 11.5 Å². The zero-order valence-corrected chi connectivity index (χ0v) is 16.2. The fourth-order valence-corrected chi connectivity index (χ4v) is 3.98. The van der Waals surface area contributed by atoms with Crippen LogP contribution in [-0.2, 0) is 4.79 Å². The minimum absolute atomic E-state index is 0.242. The Hall–Kier alpha value is -2.50. The summed E-state index contributed by atoms with van der Waals surface area (Å²) in [6, 6.07) is 11.5. The van der Waals surface area contributed by atoms with Crippen LogP contribution in [0.1, 0.15) is 10.4 Å². The molecule has 0 unspecified atom stereocenters. The molecule has 1 N–H and O–H groups in total. The number of carbonyl (C=O) groups excluding carboxylic acids is 1. The Morgan fingerprint density at radius 1 is 1.15 bits per heavy atom. The maximum absolute atomic E-state index is 12.3. The number of fused-ring (bicyclic) bond motifs is 1. The quantitative estimate of drug-likeness (QED) is 0.585. The number of hydrogen-bond acceptors (Lipinski definition) is 4. The van der Waals surface area contributed by atoms with Crippen molar-refractivity contribution in [3.63, 3.8) is 0 Å². The van der Waals surface area contributed by atoms with Gasteiger partial charge < -0.3 is 14.8 Å². The largest absolute Gasteiger partial charge is 0.493 e. The van der Waals surface area contributed by atoms with Gasteiger partial charge in [-0.25, -0.2) is 0 Å². The predicted molar refractivity (Wildman–Crippen MR) is 109 cm³/mol. The maximum atomic E-state index is 12.3. The van der Waals surface area contributed by atoms with Gasteiger partial charge in [-0.15, -0.1) is 11.3 Å². The van der Waals surface area contributed by atoms with Gasteiger partial charge in [0.2, 0.25) is 5.91 Å². The molecule has 0 fully saturated rings. The van der Waals surface area contributed by atoms with E-state index in [0.29, 0.717) is 22.2 Å². The molecule has 3 aromatic rings. The van der Waals surface area contributed by atoms with Crippen molar-refractivity contribution in [3.05, 3.63) is 57.9 Å². The highest BCUT2D eigenvalue weighted by Crippen LogP contribution is 2.36. The van der Waals surface area contributed by atoms with Crippen LogP contribution in [0.5, 0.6) is 11.5 Å². The maximum Gasteiger partial charge on any atom is 0.248 e. The number of benzene rings is 2. The molecule has 0 radical (unpaired) electrons. The summed E-state index contributed by atoms with van der Waals surface area (Å²) in [5.41, 5.74) is 1.55. The van der Waals surface area contributed by atoms with Crippen LogP contribution < -0.4 is 14.8 Å². The third-order valence-electron chi connectivity index (χ3n) is 3.93. The van der Waals surface area contributed by atoms with E-state index in [0.717, 1.165) is 20.5 Å². The first-order valence-electron chi connectivity index (χ1n) is 7.92. The van der Waals surface area contributed by atoms with Crippen molar-refractivity contribution in [2.75, 3.05) is 19.5 Å². The minimum atomic E-state index is -0.242. The molecule has 0 atom stereocenters. The molecule has 1 aromatic heterocycles. The monoisotopic (exact) mass is 387 g/mol. The summed E-state index contributed by atoms with van der Waals surface area (Å²) in [7, 11) is 3.13. The number of thiophene rings is 1. The van der Waals surface area contributed by atoms with E-state index in [4.69, 9.17) is 21.1 Å². The van der Waals surface area contributed by atoms with Gasteiger partial charge >= 0.3 is 0 Å². The summed E-state index contributed by atoms with van der Waals surface area (Å²) in [6.07, 6.45) is 3.21. The van der Waals surface area contributed by atoms with Crippen molar-refractivity contribution in [2.45, 2.75) is 6.92 Å². The van der Waals surface area contributed by atoms with Crippen LogP contribution in [0.15, 0.2) is 42.5 Å². The van der Waals surface area contributed by atoms with E-state index in [1.165, 1.54) is 6.08 Å². The minimum Gasteiger partial charge on any atom is -0.493 e. The highest BCUT2D eigenvalue weighted by molar-refractivity contribution is 7.20. The number of methoxy groups -OCH3 is 2. The van der Waals surface area contributed by atoms with Gasteiger partial charge in [-0.05, 0) is 30.7 Å². The molecule has 1 amide bonds. The summed E-state index contributed by atoms with van der Waals surface area (Å²) < 4.78 is 11.6. The molecule has 0 aliphatic heterocycles. The van der Waals surface area contributed by atoms with E-state index in [2.05, 4.69) is 5.32 Å². The van der Waals surface area contributed by atoms with Crippen molar-refractivity contribution in [1.82, 2.24) is 0 Å². The zero-order chi connectivity index (χ0) is 18.7. The van der Waals surface area contributed by atoms with Crippen molar-refractivity contribution in [2.24, 2.45) is 0 Å². The van der Waals surface area contributed by atoms with Crippen molar-refractivity contribution < 1.29 is 14.3 Å². The molecular weight excluding hydrogens is 370 g/mol. The first-order valence-corrected chi connectivity index (χ1v) is 9.11. The summed E-state index contributed by atoms with van der Waals surface area (Å²) in [4.78, 5) is 13.2. The number of rotatable bonds is 5. The molecule has 0 aliphatic carbocycles. The molecular formula is C20H18ClNO3S. The van der Waals surface area contributed by atoms with E-state index >= 15 is 0 Å². The lowest BCUT2D eigenvalue weighted by Crippen LogP contribution is -2.09. The molecule has 2 aromatic carbocycles. The lowest BCUT2D eigenvalue weighted by atomic mass is 10.1. The van der Waals surface area contributed by atoms with Gasteiger partial charge in [0.25, 0.3) is 0 Å². The SMILES string of the molecule is COc1cc(C)c(NC(=O)/C=C/c2sc3ccccc3c2Cl)cc1OC. The molecule has 134 valence electrons. The normalized spacial score (nSPS) is 11.1. The molecule has 0 aliphatic rings. The first kappa shape index (κ1) is 18.3. The van der Waals surface area contributed by atoms with Crippen LogP contribution in [-0.4, -0.2) is 20.1 Å². The van der Waals surface area contributed by atoms with Crippen LogP contribution in [0.25, 0.3) is 16.2 Å². The topological polar surface area (TPSA) is 47.6 Å². The van der Waals surface area contributed by atoms with E-state index in [9.17, 15) is 4.79 Å². The molecule has 3 rings (SSSR count). The summed E-state index contributed by atoms with van der Waals surface area (Å²) in [5, 5.41) is 4.52. The van der Waals surface area contributed by atoms with Gasteiger partial charge in [0.05, 0.1) is 19.2 Å². The van der Waals surface area contributed by atoms with Gasteiger partial charge in [-0.3, -0.25) is 4.79 Å². The highest BCUT2D eigenvalue weighted by Gasteiger charge is 2.11. The van der Waals surface area contributed by atoms with Gasteiger partial charge in [-0.1, -0.05) is 29.8 Å². The number of anilines is 1. The summed E-state index contributed by atoms with van der Waals surface area (Å²) in [6.45, 7) is 1.89. The lowest BCUT2D eigenvalue weighted by Gasteiger charge is -2.12. The van der Waals surface area contributed by atoms with Crippen molar-refractivity contribution in [1.29, 1.82) is 0 Å². The molecule has 6 heteroatoms. The number of amides is 1. The second kappa shape index (κ2) is 7.81. The smallest absolute Gasteiger partial charge is 0.248 e. The zero-order valence-electron chi connectivity index (χ0n) is 14.6. The number of nitrogens with one attached hydrogen (secondary N) is 1. The van der Waals surface area contributed by atoms with Crippen LogP contribution in [0, 0.1) is 6.92 Å². The van der Waals surface area contributed by atoms with Gasteiger partial charge in [0, 0.05) is 32.8 Å². The fraction of sp³-hybridized carbons (Fsp3) is 0.150.